The lowest BCUT2D eigenvalue weighted by Crippen LogP contribution is -2.36. The Labute approximate surface area is 130 Å². The van der Waals surface area contributed by atoms with Gasteiger partial charge in [0.25, 0.3) is 0 Å². The summed E-state index contributed by atoms with van der Waals surface area (Å²) in [6, 6.07) is 3.38. The molecular formula is C15H22N2O5. The van der Waals surface area contributed by atoms with Crippen LogP contribution in [0.3, 0.4) is 0 Å². The van der Waals surface area contributed by atoms with Crippen LogP contribution in [0.2, 0.25) is 0 Å². The predicted molar refractivity (Wildman–Crippen MR) is 82.8 cm³/mol. The highest BCUT2D eigenvalue weighted by Crippen LogP contribution is 2.41. The topological polar surface area (TPSA) is 77.1 Å². The van der Waals surface area contributed by atoms with Gasteiger partial charge in [-0.1, -0.05) is 0 Å². The smallest absolute Gasteiger partial charge is 0.223 e. The molecule has 0 radical (unpaired) electrons. The van der Waals surface area contributed by atoms with E-state index < -0.39 is 0 Å². The number of ether oxygens (including phenoxy) is 3. The van der Waals surface area contributed by atoms with Gasteiger partial charge in [0.15, 0.2) is 11.5 Å². The molecule has 0 saturated carbocycles. The molecule has 22 heavy (non-hydrogen) atoms. The molecule has 0 atom stereocenters. The standard InChI is InChI=1S/C15H22N2O5/c1-10(18)16-6-7-17(11(2)19)12-8-13(20-3)15(22-5)14(9-12)21-4/h8-9H,6-7H2,1-5H3,(H,16,18). The zero-order valence-electron chi connectivity index (χ0n) is 13.6. The summed E-state index contributed by atoms with van der Waals surface area (Å²) in [4.78, 5) is 24.3. The van der Waals surface area contributed by atoms with Crippen LogP contribution in [0.25, 0.3) is 0 Å². The number of hydrogen-bond donors (Lipinski definition) is 1. The first-order chi connectivity index (χ1) is 10.4. The zero-order valence-corrected chi connectivity index (χ0v) is 13.6. The molecule has 0 saturated heterocycles. The summed E-state index contributed by atoms with van der Waals surface area (Å²) in [5, 5.41) is 2.66. The van der Waals surface area contributed by atoms with Gasteiger partial charge in [-0.25, -0.2) is 0 Å². The molecule has 0 unspecified atom stereocenters. The lowest BCUT2D eigenvalue weighted by molar-refractivity contribution is -0.119. The Hall–Kier alpha value is -2.44. The summed E-state index contributed by atoms with van der Waals surface area (Å²) in [5.41, 5.74) is 0.604. The Morgan fingerprint density at radius 3 is 1.95 bits per heavy atom. The predicted octanol–water partition coefficient (Wildman–Crippen LogP) is 1.20. The van der Waals surface area contributed by atoms with Gasteiger partial charge in [0.05, 0.1) is 27.0 Å². The Morgan fingerprint density at radius 2 is 1.59 bits per heavy atom. The third kappa shape index (κ3) is 4.28. The maximum absolute atomic E-state index is 11.9. The maximum atomic E-state index is 11.9. The Kier molecular flexibility index (Phi) is 6.49. The number of carbonyl (C=O) groups is 2. The van der Waals surface area contributed by atoms with Gasteiger partial charge in [-0.05, 0) is 0 Å². The van der Waals surface area contributed by atoms with Gasteiger partial charge in [-0.2, -0.15) is 0 Å². The highest BCUT2D eigenvalue weighted by atomic mass is 16.5. The quantitative estimate of drug-likeness (QED) is 0.819. The Morgan fingerprint density at radius 1 is 1.05 bits per heavy atom. The number of methoxy groups -OCH3 is 3. The van der Waals surface area contributed by atoms with E-state index in [1.807, 2.05) is 0 Å². The second kappa shape index (κ2) is 8.11. The van der Waals surface area contributed by atoms with Crippen molar-refractivity contribution in [1.82, 2.24) is 5.32 Å². The highest BCUT2D eigenvalue weighted by molar-refractivity contribution is 5.92. The van der Waals surface area contributed by atoms with E-state index in [-0.39, 0.29) is 11.8 Å². The van der Waals surface area contributed by atoms with Gasteiger partial charge < -0.3 is 24.4 Å². The van der Waals surface area contributed by atoms with E-state index in [9.17, 15) is 9.59 Å². The molecule has 122 valence electrons. The van der Waals surface area contributed by atoms with E-state index >= 15 is 0 Å². The number of hydrogen-bond acceptors (Lipinski definition) is 5. The molecule has 0 aliphatic rings. The first kappa shape index (κ1) is 17.6. The zero-order chi connectivity index (χ0) is 16.7. The lowest BCUT2D eigenvalue weighted by Gasteiger charge is -2.23. The summed E-state index contributed by atoms with van der Waals surface area (Å²) in [5.74, 6) is 1.08. The molecule has 0 heterocycles. The summed E-state index contributed by atoms with van der Waals surface area (Å²) >= 11 is 0. The molecule has 0 spiro atoms. The van der Waals surface area contributed by atoms with Crippen LogP contribution in [-0.4, -0.2) is 46.2 Å². The van der Waals surface area contributed by atoms with Gasteiger partial charge in [-0.3, -0.25) is 9.59 Å². The van der Waals surface area contributed by atoms with Gasteiger partial charge in [0, 0.05) is 39.1 Å². The van der Waals surface area contributed by atoms with E-state index in [0.717, 1.165) is 0 Å². The molecule has 1 N–H and O–H groups in total. The first-order valence-corrected chi connectivity index (χ1v) is 6.77. The minimum atomic E-state index is -0.153. The molecule has 0 bridgehead atoms. The molecule has 0 aliphatic heterocycles. The van der Waals surface area contributed by atoms with E-state index in [0.29, 0.717) is 36.0 Å². The average Bonchev–Trinajstić information content (AvgIpc) is 2.49. The maximum Gasteiger partial charge on any atom is 0.223 e. The molecule has 1 aromatic rings. The fraction of sp³-hybridized carbons (Fsp3) is 0.467. The highest BCUT2D eigenvalue weighted by Gasteiger charge is 2.18. The molecule has 1 aromatic carbocycles. The van der Waals surface area contributed by atoms with E-state index in [1.165, 1.54) is 40.1 Å². The van der Waals surface area contributed by atoms with E-state index in [4.69, 9.17) is 14.2 Å². The van der Waals surface area contributed by atoms with Crippen molar-refractivity contribution in [1.29, 1.82) is 0 Å². The summed E-state index contributed by atoms with van der Waals surface area (Å²) < 4.78 is 15.8. The van der Waals surface area contributed by atoms with Crippen molar-refractivity contribution < 1.29 is 23.8 Å². The average molecular weight is 310 g/mol. The molecule has 1 rings (SSSR count). The molecule has 2 amide bonds. The van der Waals surface area contributed by atoms with Gasteiger partial charge in [0.1, 0.15) is 0 Å². The number of rotatable bonds is 7. The van der Waals surface area contributed by atoms with Crippen LogP contribution in [0.4, 0.5) is 5.69 Å². The van der Waals surface area contributed by atoms with Crippen LogP contribution >= 0.6 is 0 Å². The third-order valence-corrected chi connectivity index (χ3v) is 3.05. The number of nitrogens with one attached hydrogen (secondary N) is 1. The van der Waals surface area contributed by atoms with Crippen LogP contribution in [0.5, 0.6) is 17.2 Å². The summed E-state index contributed by atoms with van der Waals surface area (Å²) in [7, 11) is 4.53. The van der Waals surface area contributed by atoms with Gasteiger partial charge in [0.2, 0.25) is 17.6 Å². The van der Waals surface area contributed by atoms with Crippen molar-refractivity contribution in [2.45, 2.75) is 13.8 Å². The number of benzene rings is 1. The largest absolute Gasteiger partial charge is 0.493 e. The number of amides is 2. The number of nitrogens with zero attached hydrogens (tertiary/aromatic N) is 1. The van der Waals surface area contributed by atoms with Crippen LogP contribution in [0.1, 0.15) is 13.8 Å². The fourth-order valence-electron chi connectivity index (χ4n) is 2.04. The van der Waals surface area contributed by atoms with E-state index in [1.54, 1.807) is 12.1 Å². The second-order valence-corrected chi connectivity index (χ2v) is 4.54. The van der Waals surface area contributed by atoms with Gasteiger partial charge in [-0.15, -0.1) is 0 Å². The van der Waals surface area contributed by atoms with Crippen LogP contribution in [-0.2, 0) is 9.59 Å². The summed E-state index contributed by atoms with van der Waals surface area (Å²) in [6.45, 7) is 3.58. The minimum Gasteiger partial charge on any atom is -0.493 e. The Balaban J connectivity index is 3.13. The second-order valence-electron chi connectivity index (χ2n) is 4.54. The number of carbonyl (C=O) groups excluding carboxylic acids is 2. The van der Waals surface area contributed by atoms with Crippen molar-refractivity contribution in [3.05, 3.63) is 12.1 Å². The SMILES string of the molecule is COc1cc(N(CCNC(C)=O)C(C)=O)cc(OC)c1OC. The van der Waals surface area contributed by atoms with Crippen molar-refractivity contribution >= 4 is 17.5 Å². The Bertz CT molecular complexity index is 520. The molecule has 7 nitrogen and oxygen atoms in total. The first-order valence-electron chi connectivity index (χ1n) is 6.77. The summed E-state index contributed by atoms with van der Waals surface area (Å²) in [6.07, 6.45) is 0. The third-order valence-electron chi connectivity index (χ3n) is 3.05. The lowest BCUT2D eigenvalue weighted by atomic mass is 10.2. The van der Waals surface area contributed by atoms with E-state index in [2.05, 4.69) is 5.32 Å². The molecule has 0 aliphatic carbocycles. The fourth-order valence-corrected chi connectivity index (χ4v) is 2.04. The molecule has 0 aromatic heterocycles. The minimum absolute atomic E-state index is 0.145. The normalized spacial score (nSPS) is 9.86. The van der Waals surface area contributed by atoms with Crippen molar-refractivity contribution in [2.75, 3.05) is 39.3 Å². The van der Waals surface area contributed by atoms with Crippen molar-refractivity contribution in [3.63, 3.8) is 0 Å². The van der Waals surface area contributed by atoms with Gasteiger partial charge >= 0.3 is 0 Å². The van der Waals surface area contributed by atoms with Crippen LogP contribution in [0, 0.1) is 0 Å². The molecule has 0 fully saturated rings. The van der Waals surface area contributed by atoms with Crippen molar-refractivity contribution in [3.8, 4) is 17.2 Å². The molecular weight excluding hydrogens is 288 g/mol. The molecule has 7 heteroatoms. The van der Waals surface area contributed by atoms with Crippen LogP contribution in [0.15, 0.2) is 12.1 Å². The monoisotopic (exact) mass is 310 g/mol. The number of anilines is 1. The van der Waals surface area contributed by atoms with Crippen molar-refractivity contribution in [2.24, 2.45) is 0 Å². The van der Waals surface area contributed by atoms with Crippen LogP contribution < -0.4 is 24.4 Å².